The highest BCUT2D eigenvalue weighted by molar-refractivity contribution is 6.07. The Hall–Kier alpha value is -3.92. The van der Waals surface area contributed by atoms with E-state index in [1.165, 1.54) is 18.3 Å². The molecule has 4 rings (SSSR count). The summed E-state index contributed by atoms with van der Waals surface area (Å²) in [5.74, 6) is -0.637. The van der Waals surface area contributed by atoms with Crippen LogP contribution < -0.4 is 16.4 Å². The number of piperidine rings is 1. The molecular weight excluding hydrogens is 471 g/mol. The zero-order valence-electron chi connectivity index (χ0n) is 19.4. The van der Waals surface area contributed by atoms with E-state index in [0.717, 1.165) is 43.6 Å². The fraction of sp³-hybridized carbons (Fsp3) is 0.269. The quantitative estimate of drug-likeness (QED) is 0.436. The van der Waals surface area contributed by atoms with Crippen LogP contribution in [0, 0.1) is 5.92 Å². The Kier molecular flexibility index (Phi) is 7.54. The third-order valence-corrected chi connectivity index (χ3v) is 6.09. The minimum absolute atomic E-state index is 0.0786. The van der Waals surface area contributed by atoms with Crippen LogP contribution in [0.15, 0.2) is 66.9 Å². The first-order valence-corrected chi connectivity index (χ1v) is 11.5. The van der Waals surface area contributed by atoms with Crippen LogP contribution in [0.5, 0.6) is 0 Å². The number of anilines is 3. The van der Waals surface area contributed by atoms with E-state index in [9.17, 15) is 22.8 Å². The summed E-state index contributed by atoms with van der Waals surface area (Å²) in [6.45, 7) is 2.21. The Morgan fingerprint density at radius 2 is 1.72 bits per heavy atom. The van der Waals surface area contributed by atoms with Crippen LogP contribution in [-0.2, 0) is 17.5 Å². The molecular formula is C26H26F3N5O2. The summed E-state index contributed by atoms with van der Waals surface area (Å²) in [5.41, 5.74) is 6.54. The van der Waals surface area contributed by atoms with E-state index >= 15 is 0 Å². The van der Waals surface area contributed by atoms with Crippen LogP contribution in [0.3, 0.4) is 0 Å². The standard InChI is InChI=1S/C26H26F3N5O2/c27-26(28,29)19-5-2-7-21(15-19)32-24-22(8-3-11-31-24)25(36)33-20-6-1-4-17(14-20)16-34-12-9-18(10-13-34)23(30)35/h1-8,11,14-15,18H,9-10,12-13,16H2,(H2,30,35)(H,31,32)(H,33,36). The highest BCUT2D eigenvalue weighted by atomic mass is 19.4. The number of hydrogen-bond acceptors (Lipinski definition) is 5. The second-order valence-corrected chi connectivity index (χ2v) is 8.71. The lowest BCUT2D eigenvalue weighted by molar-refractivity contribution is -0.137. The first-order valence-electron chi connectivity index (χ1n) is 11.5. The van der Waals surface area contributed by atoms with Gasteiger partial charge in [0, 0.05) is 30.0 Å². The van der Waals surface area contributed by atoms with E-state index in [0.29, 0.717) is 12.2 Å². The van der Waals surface area contributed by atoms with Crippen molar-refractivity contribution in [1.29, 1.82) is 0 Å². The molecule has 0 saturated carbocycles. The predicted molar refractivity (Wildman–Crippen MR) is 131 cm³/mol. The summed E-state index contributed by atoms with van der Waals surface area (Å²) in [4.78, 5) is 30.8. The zero-order valence-corrected chi connectivity index (χ0v) is 19.4. The average molecular weight is 498 g/mol. The van der Waals surface area contributed by atoms with Crippen molar-refractivity contribution in [1.82, 2.24) is 9.88 Å². The molecule has 4 N–H and O–H groups in total. The van der Waals surface area contributed by atoms with Crippen molar-refractivity contribution >= 4 is 29.0 Å². The van der Waals surface area contributed by atoms with Gasteiger partial charge in [-0.3, -0.25) is 14.5 Å². The number of rotatable bonds is 7. The van der Waals surface area contributed by atoms with Crippen LogP contribution in [0.1, 0.15) is 34.3 Å². The molecule has 0 radical (unpaired) electrons. The van der Waals surface area contributed by atoms with Crippen molar-refractivity contribution in [2.45, 2.75) is 25.6 Å². The number of amides is 2. The maximum atomic E-state index is 13.1. The van der Waals surface area contributed by atoms with Crippen LogP contribution in [0.2, 0.25) is 0 Å². The van der Waals surface area contributed by atoms with E-state index in [1.807, 2.05) is 18.2 Å². The van der Waals surface area contributed by atoms with E-state index in [1.54, 1.807) is 18.2 Å². The van der Waals surface area contributed by atoms with Crippen molar-refractivity contribution < 1.29 is 22.8 Å². The maximum Gasteiger partial charge on any atom is 0.416 e. The van der Waals surface area contributed by atoms with Crippen LogP contribution in [0.25, 0.3) is 0 Å². The summed E-state index contributed by atoms with van der Waals surface area (Å²) >= 11 is 0. The molecule has 0 unspecified atom stereocenters. The van der Waals surface area contributed by atoms with Crippen molar-refractivity contribution in [2.75, 3.05) is 23.7 Å². The van der Waals surface area contributed by atoms with Crippen molar-refractivity contribution in [3.63, 3.8) is 0 Å². The highest BCUT2D eigenvalue weighted by Crippen LogP contribution is 2.31. The number of likely N-dealkylation sites (tertiary alicyclic amines) is 1. The van der Waals surface area contributed by atoms with E-state index < -0.39 is 17.6 Å². The molecule has 1 saturated heterocycles. The number of alkyl halides is 3. The molecule has 0 spiro atoms. The third-order valence-electron chi connectivity index (χ3n) is 6.09. The Labute approximate surface area is 206 Å². The van der Waals surface area contributed by atoms with Gasteiger partial charge in [-0.05, 0) is 74.0 Å². The molecule has 10 heteroatoms. The first-order chi connectivity index (χ1) is 17.2. The van der Waals surface area contributed by atoms with Gasteiger partial charge in [-0.25, -0.2) is 4.98 Å². The van der Waals surface area contributed by atoms with Gasteiger partial charge < -0.3 is 16.4 Å². The molecule has 1 aliphatic rings. The van der Waals surface area contributed by atoms with Crippen LogP contribution >= 0.6 is 0 Å². The lowest BCUT2D eigenvalue weighted by Crippen LogP contribution is -2.38. The average Bonchev–Trinajstić information content (AvgIpc) is 2.84. The number of nitrogens with zero attached hydrogens (tertiary/aromatic N) is 2. The smallest absolute Gasteiger partial charge is 0.369 e. The number of carbonyl (C=O) groups excluding carboxylic acids is 2. The SMILES string of the molecule is NC(=O)C1CCN(Cc2cccc(NC(=O)c3cccnc3Nc3cccc(C(F)(F)F)c3)c2)CC1. The van der Waals surface area contributed by atoms with Gasteiger partial charge in [0.05, 0.1) is 11.1 Å². The lowest BCUT2D eigenvalue weighted by atomic mass is 9.96. The highest BCUT2D eigenvalue weighted by Gasteiger charge is 2.30. The second kappa shape index (κ2) is 10.8. The van der Waals surface area contributed by atoms with E-state index in [4.69, 9.17) is 5.73 Å². The molecule has 2 heterocycles. The van der Waals surface area contributed by atoms with Gasteiger partial charge in [0.25, 0.3) is 5.91 Å². The summed E-state index contributed by atoms with van der Waals surface area (Å²) in [6, 6.07) is 15.3. The molecule has 0 bridgehead atoms. The van der Waals surface area contributed by atoms with Gasteiger partial charge in [0.2, 0.25) is 5.91 Å². The number of nitrogens with two attached hydrogens (primary N) is 1. The molecule has 0 aliphatic carbocycles. The van der Waals surface area contributed by atoms with Gasteiger partial charge >= 0.3 is 6.18 Å². The lowest BCUT2D eigenvalue weighted by Gasteiger charge is -2.30. The van der Waals surface area contributed by atoms with Gasteiger partial charge in [-0.1, -0.05) is 18.2 Å². The summed E-state index contributed by atoms with van der Waals surface area (Å²) in [7, 11) is 0. The van der Waals surface area contributed by atoms with Gasteiger partial charge in [0.15, 0.2) is 0 Å². The zero-order chi connectivity index (χ0) is 25.7. The number of hydrogen-bond donors (Lipinski definition) is 3. The predicted octanol–water partition coefficient (Wildman–Crippen LogP) is 4.79. The Morgan fingerprint density at radius 3 is 2.44 bits per heavy atom. The molecule has 2 aromatic carbocycles. The number of primary amides is 1. The Bertz CT molecular complexity index is 1240. The molecule has 2 amide bonds. The summed E-state index contributed by atoms with van der Waals surface area (Å²) in [6.07, 6.45) is -1.57. The molecule has 0 atom stereocenters. The number of benzene rings is 2. The first kappa shape index (κ1) is 25.2. The van der Waals surface area contributed by atoms with Crippen molar-refractivity contribution in [3.8, 4) is 0 Å². The topological polar surface area (TPSA) is 100 Å². The maximum absolute atomic E-state index is 13.1. The van der Waals surface area contributed by atoms with Crippen molar-refractivity contribution in [2.24, 2.45) is 11.7 Å². The Balaban J connectivity index is 1.43. The van der Waals surface area contributed by atoms with Gasteiger partial charge in [0.1, 0.15) is 5.82 Å². The molecule has 7 nitrogen and oxygen atoms in total. The fourth-order valence-corrected chi connectivity index (χ4v) is 4.18. The van der Waals surface area contributed by atoms with Crippen molar-refractivity contribution in [3.05, 3.63) is 83.6 Å². The van der Waals surface area contributed by atoms with Gasteiger partial charge in [-0.15, -0.1) is 0 Å². The number of aromatic nitrogens is 1. The summed E-state index contributed by atoms with van der Waals surface area (Å²) in [5, 5.41) is 5.66. The van der Waals surface area contributed by atoms with Crippen LogP contribution in [0.4, 0.5) is 30.4 Å². The largest absolute Gasteiger partial charge is 0.416 e. The van der Waals surface area contributed by atoms with Crippen LogP contribution in [-0.4, -0.2) is 34.8 Å². The fourth-order valence-electron chi connectivity index (χ4n) is 4.18. The molecule has 36 heavy (non-hydrogen) atoms. The summed E-state index contributed by atoms with van der Waals surface area (Å²) < 4.78 is 39.2. The minimum Gasteiger partial charge on any atom is -0.369 e. The normalized spacial score (nSPS) is 14.9. The third kappa shape index (κ3) is 6.39. The van der Waals surface area contributed by atoms with Gasteiger partial charge in [-0.2, -0.15) is 13.2 Å². The monoisotopic (exact) mass is 497 g/mol. The van der Waals surface area contributed by atoms with E-state index in [-0.39, 0.29) is 28.9 Å². The van der Waals surface area contributed by atoms with E-state index in [2.05, 4.69) is 20.5 Å². The molecule has 1 aromatic heterocycles. The number of carbonyl (C=O) groups is 2. The minimum atomic E-state index is -4.48. The molecule has 188 valence electrons. The number of pyridine rings is 1. The number of nitrogens with one attached hydrogen (secondary N) is 2. The number of halogens is 3. The molecule has 1 fully saturated rings. The Morgan fingerprint density at radius 1 is 1.00 bits per heavy atom. The second-order valence-electron chi connectivity index (χ2n) is 8.71. The molecule has 1 aliphatic heterocycles. The molecule has 3 aromatic rings.